The zero-order valence-electron chi connectivity index (χ0n) is 59.1. The minimum Gasteiger partial charge on any atom is -0.456 e. The van der Waals surface area contributed by atoms with Crippen molar-refractivity contribution in [2.24, 2.45) is 0 Å². The lowest BCUT2D eigenvalue weighted by molar-refractivity contribution is 0.668. The number of furan rings is 4. The Bertz CT molecular complexity index is 7320. The Morgan fingerprint density at radius 1 is 0.155 bits per heavy atom. The molecule has 0 radical (unpaired) electrons. The fraction of sp³-hybridized carbons (Fsp3) is 0. The van der Waals surface area contributed by atoms with Crippen LogP contribution in [0.15, 0.2) is 382 Å². The summed E-state index contributed by atoms with van der Waals surface area (Å²) in [5.41, 5.74) is 28.1. The van der Waals surface area contributed by atoms with Crippen LogP contribution in [0, 0.1) is 0 Å². The lowest BCUT2D eigenvalue weighted by Gasteiger charge is -2.14. The van der Waals surface area contributed by atoms with Gasteiger partial charge in [-0.3, -0.25) is 0 Å². The first-order valence-corrected chi connectivity index (χ1v) is 37.0. The maximum Gasteiger partial charge on any atom is 0.160 e. The number of hydrogen-bond acceptors (Lipinski definition) is 8. The second kappa shape index (κ2) is 25.4. The maximum atomic E-state index is 6.85. The molecule has 16 aromatic carbocycles. The summed E-state index contributed by atoms with van der Waals surface area (Å²) in [6, 6.07) is 128. The Hall–Kier alpha value is -14.9. The largest absolute Gasteiger partial charge is 0.456 e. The predicted octanol–water partition coefficient (Wildman–Crippen LogP) is 28.0. The number of rotatable bonds is 12. The van der Waals surface area contributed by atoms with Crippen molar-refractivity contribution in [3.63, 3.8) is 0 Å². The molecule has 0 fully saturated rings. The highest BCUT2D eigenvalue weighted by molar-refractivity contribution is 6.16. The fourth-order valence-corrected chi connectivity index (χ4v) is 16.2. The van der Waals surface area contributed by atoms with E-state index in [-0.39, 0.29) is 0 Å². The third-order valence-corrected chi connectivity index (χ3v) is 21.7. The van der Waals surface area contributed by atoms with E-state index in [2.05, 4.69) is 303 Å². The second-order valence-electron chi connectivity index (χ2n) is 28.4. The quantitative estimate of drug-likeness (QED) is 0.119. The smallest absolute Gasteiger partial charge is 0.160 e. The van der Waals surface area contributed by atoms with Gasteiger partial charge in [0.2, 0.25) is 0 Å². The number of nitrogens with zero attached hydrogens (tertiary/aromatic N) is 4. The highest BCUT2D eigenvalue weighted by atomic mass is 16.3. The molecular formula is C102H60N4O4. The van der Waals surface area contributed by atoms with E-state index in [4.69, 9.17) is 37.6 Å². The van der Waals surface area contributed by atoms with Gasteiger partial charge in [0.05, 0.1) is 22.8 Å². The van der Waals surface area contributed by atoms with Gasteiger partial charge in [-0.05, 0) is 199 Å². The van der Waals surface area contributed by atoms with Gasteiger partial charge in [0.1, 0.15) is 44.7 Å². The SMILES string of the molecule is c1ccc(-c2ccc(-c3cc(-c4cc(-c5ccc6c(c5)oc5ccccc56)cc(-c5ccc6c(c5)oc5ccc(-c7ccc(-c8nc(-c9cc(-c%10cccc%11oc%12ccccc%12c%10%11)cc(-c%10cccc%11oc%12ccccc%12c%10%11)c9)cc(-c9ccc%10ccccc%10c9)n8)cc7)cc56)c4)nc(-c4ccccc4)n3)cc2)cc1. The van der Waals surface area contributed by atoms with E-state index in [1.165, 1.54) is 0 Å². The molecule has 0 saturated carbocycles. The topological polar surface area (TPSA) is 104 Å². The Balaban J connectivity index is 0.645. The monoisotopic (exact) mass is 1400 g/mol. The third kappa shape index (κ3) is 10.9. The first kappa shape index (κ1) is 62.5. The average molecular weight is 1410 g/mol. The molecule has 8 heteroatoms. The number of para-hydroxylation sites is 3. The molecule has 0 aliphatic rings. The van der Waals surface area contributed by atoms with Crippen LogP contribution < -0.4 is 0 Å². The molecule has 110 heavy (non-hydrogen) atoms. The van der Waals surface area contributed by atoms with Gasteiger partial charge >= 0.3 is 0 Å². The number of aromatic nitrogens is 4. The van der Waals surface area contributed by atoms with Crippen LogP contribution in [0.1, 0.15) is 0 Å². The van der Waals surface area contributed by atoms with Crippen LogP contribution in [0.4, 0.5) is 0 Å². The molecule has 0 aliphatic heterocycles. The lowest BCUT2D eigenvalue weighted by Crippen LogP contribution is -1.97. The van der Waals surface area contributed by atoms with Gasteiger partial charge in [0.25, 0.3) is 0 Å². The number of fused-ring (bicyclic) bond motifs is 13. The molecule has 6 aromatic heterocycles. The molecule has 512 valence electrons. The summed E-state index contributed by atoms with van der Waals surface area (Å²) in [6.45, 7) is 0. The predicted molar refractivity (Wildman–Crippen MR) is 449 cm³/mol. The standard InChI is InChI=1S/C102H60N4O4/c1-3-17-61(18-4-1)63-33-38-65(39-34-63)87-59-89(105-101(103-87)66-20-5-2-6-21-66)77-51-73(70-43-46-82-81-23-9-12-28-91(81)109-97(82)57-70)50-74(52-77)71-44-47-83-86-56-69(45-48-94(86)110-98(83)58-71)64-35-40-67(41-36-64)102-104-88(72-42-37-62-19-7-8-22-68(62)49-72)60-90(106-102)78-54-75(79-26-15-31-95-99(79)84-24-10-13-29-92(84)107-95)53-76(55-78)80-27-16-32-96-100(80)85-25-11-14-30-93(85)108-96/h1-60H. The van der Waals surface area contributed by atoms with Crippen molar-refractivity contribution in [2.75, 3.05) is 0 Å². The van der Waals surface area contributed by atoms with E-state index in [0.717, 1.165) is 221 Å². The minimum atomic E-state index is 0.607. The van der Waals surface area contributed by atoms with Crippen LogP contribution >= 0.6 is 0 Å². The average Bonchev–Trinajstić information content (AvgIpc) is 1.51. The van der Waals surface area contributed by atoms with Crippen LogP contribution in [-0.2, 0) is 0 Å². The Morgan fingerprint density at radius 3 is 1.10 bits per heavy atom. The van der Waals surface area contributed by atoms with Gasteiger partial charge in [0, 0.05) is 76.5 Å². The minimum absolute atomic E-state index is 0.607. The van der Waals surface area contributed by atoms with Crippen molar-refractivity contribution in [2.45, 2.75) is 0 Å². The van der Waals surface area contributed by atoms with Crippen molar-refractivity contribution < 1.29 is 17.7 Å². The van der Waals surface area contributed by atoms with Crippen LogP contribution in [0.25, 0.3) is 233 Å². The molecule has 22 rings (SSSR count). The number of benzene rings is 16. The summed E-state index contributed by atoms with van der Waals surface area (Å²) in [4.78, 5) is 21.6. The van der Waals surface area contributed by atoms with Crippen molar-refractivity contribution in [1.82, 2.24) is 19.9 Å². The molecule has 0 unspecified atom stereocenters. The van der Waals surface area contributed by atoms with Crippen molar-refractivity contribution in [3.05, 3.63) is 364 Å². The molecule has 0 saturated heterocycles. The van der Waals surface area contributed by atoms with E-state index in [1.54, 1.807) is 0 Å². The van der Waals surface area contributed by atoms with Crippen LogP contribution in [-0.4, -0.2) is 19.9 Å². The normalized spacial score (nSPS) is 11.8. The van der Waals surface area contributed by atoms with E-state index in [0.29, 0.717) is 11.6 Å². The summed E-state index contributed by atoms with van der Waals surface area (Å²) in [6.07, 6.45) is 0. The molecule has 0 amide bonds. The van der Waals surface area contributed by atoms with Crippen LogP contribution in [0.5, 0.6) is 0 Å². The third-order valence-electron chi connectivity index (χ3n) is 21.7. The summed E-state index contributed by atoms with van der Waals surface area (Å²) < 4.78 is 26.4. The van der Waals surface area contributed by atoms with Crippen LogP contribution in [0.2, 0.25) is 0 Å². The Labute approximate surface area is 630 Å². The first-order chi connectivity index (χ1) is 54.4. The van der Waals surface area contributed by atoms with Gasteiger partial charge < -0.3 is 17.7 Å². The van der Waals surface area contributed by atoms with E-state index < -0.39 is 0 Å². The summed E-state index contributed by atoms with van der Waals surface area (Å²) in [7, 11) is 0. The van der Waals surface area contributed by atoms with Gasteiger partial charge in [-0.2, -0.15) is 0 Å². The van der Waals surface area contributed by atoms with Gasteiger partial charge in [-0.1, -0.05) is 243 Å². The zero-order chi connectivity index (χ0) is 72.3. The molecule has 0 aliphatic carbocycles. The maximum absolute atomic E-state index is 6.85. The molecule has 0 bridgehead atoms. The van der Waals surface area contributed by atoms with Gasteiger partial charge in [-0.15, -0.1) is 0 Å². The molecular weight excluding hydrogens is 1350 g/mol. The van der Waals surface area contributed by atoms with Crippen molar-refractivity contribution >= 4 is 98.5 Å². The van der Waals surface area contributed by atoms with Crippen molar-refractivity contribution in [1.29, 1.82) is 0 Å². The summed E-state index contributed by atoms with van der Waals surface area (Å²) in [5, 5.41) is 10.7. The number of hydrogen-bond donors (Lipinski definition) is 0. The highest BCUT2D eigenvalue weighted by Gasteiger charge is 2.23. The fourth-order valence-electron chi connectivity index (χ4n) is 16.2. The van der Waals surface area contributed by atoms with E-state index >= 15 is 0 Å². The van der Waals surface area contributed by atoms with Crippen molar-refractivity contribution in [3.8, 4) is 135 Å². The first-order valence-electron chi connectivity index (χ1n) is 37.0. The lowest BCUT2D eigenvalue weighted by atomic mass is 9.91. The molecule has 22 aromatic rings. The molecule has 0 N–H and O–H groups in total. The Kier molecular flexibility index (Phi) is 14.5. The molecule has 6 heterocycles. The zero-order valence-corrected chi connectivity index (χ0v) is 59.1. The van der Waals surface area contributed by atoms with Gasteiger partial charge in [0.15, 0.2) is 11.6 Å². The molecule has 0 spiro atoms. The second-order valence-corrected chi connectivity index (χ2v) is 28.4. The van der Waals surface area contributed by atoms with Crippen LogP contribution in [0.3, 0.4) is 0 Å². The highest BCUT2D eigenvalue weighted by Crippen LogP contribution is 2.46. The molecule has 8 nitrogen and oxygen atoms in total. The molecule has 0 atom stereocenters. The van der Waals surface area contributed by atoms with Gasteiger partial charge in [-0.25, -0.2) is 19.9 Å². The summed E-state index contributed by atoms with van der Waals surface area (Å²) >= 11 is 0. The Morgan fingerprint density at radius 2 is 0.509 bits per heavy atom. The van der Waals surface area contributed by atoms with E-state index in [9.17, 15) is 0 Å². The summed E-state index contributed by atoms with van der Waals surface area (Å²) in [5.74, 6) is 1.25. The van der Waals surface area contributed by atoms with E-state index in [1.807, 2.05) is 60.7 Å².